The molecule has 0 heterocycles. The van der Waals surface area contributed by atoms with Crippen LogP contribution in [-0.4, -0.2) is 35.0 Å². The number of rotatable bonds is 12. The highest BCUT2D eigenvalue weighted by Gasteiger charge is 2.23. The molecule has 0 radical (unpaired) electrons. The van der Waals surface area contributed by atoms with Gasteiger partial charge in [-0.05, 0) is 125 Å². The van der Waals surface area contributed by atoms with Crippen molar-refractivity contribution < 1.29 is 29.3 Å². The maximum atomic E-state index is 11.4. The second-order valence-corrected chi connectivity index (χ2v) is 10.9. The van der Waals surface area contributed by atoms with E-state index in [0.717, 1.165) is 26.5 Å². The Kier molecular flexibility index (Phi) is 10.0. The lowest BCUT2D eigenvalue weighted by atomic mass is 10.1. The highest BCUT2D eigenvalue weighted by molar-refractivity contribution is 9.10. The summed E-state index contributed by atoms with van der Waals surface area (Å²) in [5.74, 6) is 1.38. The van der Waals surface area contributed by atoms with Crippen LogP contribution in [0.2, 0.25) is 0 Å². The molecule has 1 aliphatic rings. The first-order chi connectivity index (χ1) is 17.5. The second kappa shape index (κ2) is 12.8. The first-order valence-electron chi connectivity index (χ1n) is 12.2. The number of carbonyl (C=O) groups excluding carboxylic acids is 2. The number of fused-ring (bicyclic) bond motifs is 3. The highest BCUT2D eigenvalue weighted by atomic mass is 79.9. The third-order valence-electron chi connectivity index (χ3n) is 6.54. The van der Waals surface area contributed by atoms with E-state index in [1.54, 1.807) is 13.8 Å². The Morgan fingerprint density at radius 3 is 1.46 bits per heavy atom. The lowest BCUT2D eigenvalue weighted by molar-refractivity contribution is -0.114. The largest absolute Gasteiger partial charge is 0.512 e. The van der Waals surface area contributed by atoms with Gasteiger partial charge < -0.3 is 19.7 Å². The summed E-state index contributed by atoms with van der Waals surface area (Å²) in [4.78, 5) is 22.8. The fourth-order valence-corrected chi connectivity index (χ4v) is 5.04. The standard InChI is InChI=1S/C29H32Br2O6/c1-16(18(3)32)26(34)7-5-9-36-28-14-22-20(12-24(28)30)11-21-13-25(31)29(15-23(21)22)37-10-6-8-27(35)17(2)19(4)33/h12-15,34-35H,5-11H2,1-4H3/b26-16-,27-17?. The van der Waals surface area contributed by atoms with E-state index in [-0.39, 0.29) is 23.1 Å². The fourth-order valence-electron chi connectivity index (χ4n) is 4.03. The van der Waals surface area contributed by atoms with Gasteiger partial charge in [0.15, 0.2) is 11.6 Å². The van der Waals surface area contributed by atoms with Crippen LogP contribution in [0.25, 0.3) is 11.1 Å². The molecule has 0 fully saturated rings. The normalized spacial score (nSPS) is 13.4. The zero-order valence-corrected chi connectivity index (χ0v) is 24.7. The number of hydrogen-bond acceptors (Lipinski definition) is 6. The molecule has 2 N–H and O–H groups in total. The predicted molar refractivity (Wildman–Crippen MR) is 152 cm³/mol. The van der Waals surface area contributed by atoms with Crippen LogP contribution >= 0.6 is 31.9 Å². The molecule has 198 valence electrons. The SMILES string of the molecule is CC(=O)C(C)=C(O)CCCOc1cc2c(cc1Br)Cc1cc(Br)c(OCCC/C(O)=C(\C)C(C)=O)cc1-2. The minimum absolute atomic E-state index is 0.108. The molecule has 1 aliphatic carbocycles. The summed E-state index contributed by atoms with van der Waals surface area (Å²) in [6.07, 6.45) is 2.73. The van der Waals surface area contributed by atoms with Gasteiger partial charge in [0.1, 0.15) is 11.5 Å². The molecule has 0 atom stereocenters. The van der Waals surface area contributed by atoms with Crippen LogP contribution in [0.4, 0.5) is 0 Å². The van der Waals surface area contributed by atoms with Gasteiger partial charge in [-0.2, -0.15) is 0 Å². The van der Waals surface area contributed by atoms with Gasteiger partial charge in [-0.3, -0.25) is 9.59 Å². The van der Waals surface area contributed by atoms with Crippen molar-refractivity contribution >= 4 is 43.4 Å². The summed E-state index contributed by atoms with van der Waals surface area (Å²) in [5.41, 5.74) is 5.31. The molecule has 0 aliphatic heterocycles. The average molecular weight is 636 g/mol. The van der Waals surface area contributed by atoms with Gasteiger partial charge in [-0.25, -0.2) is 0 Å². The van der Waals surface area contributed by atoms with E-state index < -0.39 is 0 Å². The molecule has 0 aromatic heterocycles. The molecule has 0 amide bonds. The van der Waals surface area contributed by atoms with Crippen molar-refractivity contribution in [2.75, 3.05) is 13.2 Å². The summed E-state index contributed by atoms with van der Waals surface area (Å²) in [7, 11) is 0. The average Bonchev–Trinajstić information content (AvgIpc) is 3.18. The number of aliphatic hydroxyl groups excluding tert-OH is 2. The first-order valence-corrected chi connectivity index (χ1v) is 13.8. The lowest BCUT2D eigenvalue weighted by Gasteiger charge is -2.13. The van der Waals surface area contributed by atoms with E-state index in [1.165, 1.54) is 25.0 Å². The van der Waals surface area contributed by atoms with E-state index in [2.05, 4.69) is 44.0 Å². The number of halogens is 2. The van der Waals surface area contributed by atoms with E-state index in [1.807, 2.05) is 12.1 Å². The Morgan fingerprint density at radius 1 is 0.730 bits per heavy atom. The topological polar surface area (TPSA) is 93.1 Å². The van der Waals surface area contributed by atoms with Gasteiger partial charge >= 0.3 is 0 Å². The van der Waals surface area contributed by atoms with Gasteiger partial charge in [0.25, 0.3) is 0 Å². The molecular weight excluding hydrogens is 604 g/mol. The second-order valence-electron chi connectivity index (χ2n) is 9.22. The van der Waals surface area contributed by atoms with Gasteiger partial charge in [-0.15, -0.1) is 0 Å². The highest BCUT2D eigenvalue weighted by Crippen LogP contribution is 2.45. The Balaban J connectivity index is 1.68. The van der Waals surface area contributed by atoms with Crippen molar-refractivity contribution in [3.8, 4) is 22.6 Å². The summed E-state index contributed by atoms with van der Waals surface area (Å²) in [6.45, 7) is 6.93. The van der Waals surface area contributed by atoms with E-state index in [4.69, 9.17) is 9.47 Å². The molecule has 2 aromatic carbocycles. The number of aliphatic hydroxyl groups is 2. The Hall–Kier alpha value is -2.58. The molecule has 0 saturated carbocycles. The molecule has 0 bridgehead atoms. The zero-order valence-electron chi connectivity index (χ0n) is 21.5. The van der Waals surface area contributed by atoms with Crippen LogP contribution in [0.15, 0.2) is 55.9 Å². The third kappa shape index (κ3) is 7.26. The van der Waals surface area contributed by atoms with Crippen LogP contribution in [0.1, 0.15) is 64.5 Å². The number of allylic oxidation sites excluding steroid dienone is 4. The number of carbonyl (C=O) groups is 2. The summed E-state index contributed by atoms with van der Waals surface area (Å²) >= 11 is 7.22. The quantitative estimate of drug-likeness (QED) is 0.119. The van der Waals surface area contributed by atoms with Crippen molar-refractivity contribution in [3.63, 3.8) is 0 Å². The number of hydrogen-bond donors (Lipinski definition) is 2. The van der Waals surface area contributed by atoms with Crippen LogP contribution in [0, 0.1) is 0 Å². The minimum Gasteiger partial charge on any atom is -0.512 e. The molecular formula is C29H32Br2O6. The summed E-state index contributed by atoms with van der Waals surface area (Å²) in [5, 5.41) is 20.1. The van der Waals surface area contributed by atoms with Crippen molar-refractivity contribution in [1.29, 1.82) is 0 Å². The van der Waals surface area contributed by atoms with E-state index in [0.29, 0.717) is 61.5 Å². The van der Waals surface area contributed by atoms with Crippen molar-refractivity contribution in [2.45, 2.75) is 59.8 Å². The molecule has 6 nitrogen and oxygen atoms in total. The fraction of sp³-hybridized carbons (Fsp3) is 0.379. The van der Waals surface area contributed by atoms with Crippen LogP contribution in [-0.2, 0) is 16.0 Å². The molecule has 0 unspecified atom stereocenters. The smallest absolute Gasteiger partial charge is 0.158 e. The van der Waals surface area contributed by atoms with E-state index >= 15 is 0 Å². The lowest BCUT2D eigenvalue weighted by Crippen LogP contribution is -2.02. The third-order valence-corrected chi connectivity index (χ3v) is 7.78. The molecule has 37 heavy (non-hydrogen) atoms. The monoisotopic (exact) mass is 634 g/mol. The van der Waals surface area contributed by atoms with Crippen molar-refractivity contribution in [2.24, 2.45) is 0 Å². The van der Waals surface area contributed by atoms with E-state index in [9.17, 15) is 19.8 Å². The summed E-state index contributed by atoms with van der Waals surface area (Å²) in [6, 6.07) is 8.19. The van der Waals surface area contributed by atoms with Crippen LogP contribution < -0.4 is 9.47 Å². The maximum Gasteiger partial charge on any atom is 0.158 e. The number of ketones is 2. The maximum absolute atomic E-state index is 11.4. The van der Waals surface area contributed by atoms with Gasteiger partial charge in [0, 0.05) is 24.0 Å². The van der Waals surface area contributed by atoms with Crippen LogP contribution in [0.5, 0.6) is 11.5 Å². The molecule has 2 aromatic rings. The van der Waals surface area contributed by atoms with Gasteiger partial charge in [0.2, 0.25) is 0 Å². The Labute approximate surface area is 234 Å². The molecule has 0 spiro atoms. The number of Topliss-reactive ketones (excluding diaryl/α,β-unsaturated/α-hetero) is 2. The van der Waals surface area contributed by atoms with Gasteiger partial charge in [-0.1, -0.05) is 0 Å². The van der Waals surface area contributed by atoms with Gasteiger partial charge in [0.05, 0.1) is 33.7 Å². The predicted octanol–water partition coefficient (Wildman–Crippen LogP) is 7.94. The number of ether oxygens (including phenoxy) is 2. The summed E-state index contributed by atoms with van der Waals surface area (Å²) < 4.78 is 13.7. The van der Waals surface area contributed by atoms with Crippen molar-refractivity contribution in [1.82, 2.24) is 0 Å². The molecule has 0 saturated heterocycles. The Bertz CT molecular complexity index is 1180. The number of benzene rings is 2. The first kappa shape index (κ1) is 29.0. The zero-order chi connectivity index (χ0) is 27.3. The molecule has 3 rings (SSSR count). The van der Waals surface area contributed by atoms with Crippen LogP contribution in [0.3, 0.4) is 0 Å². The minimum atomic E-state index is -0.133. The molecule has 8 heteroatoms. The van der Waals surface area contributed by atoms with Crippen molar-refractivity contribution in [3.05, 3.63) is 67.0 Å². The Morgan fingerprint density at radius 2 is 1.11 bits per heavy atom.